The predicted molar refractivity (Wildman–Crippen MR) is 147 cm³/mol. The average molecular weight is 522 g/mol. The van der Waals surface area contributed by atoms with Gasteiger partial charge in [0.05, 0.1) is 6.04 Å². The molecule has 0 radical (unpaired) electrons. The maximum Gasteiger partial charge on any atom is 0.246 e. The summed E-state index contributed by atoms with van der Waals surface area (Å²) in [7, 11) is 0. The predicted octanol–water partition coefficient (Wildman–Crippen LogP) is 5.18. The van der Waals surface area contributed by atoms with Gasteiger partial charge in [-0.25, -0.2) is 0 Å². The van der Waals surface area contributed by atoms with Crippen LogP contribution in [0.5, 0.6) is 0 Å². The molecule has 3 aromatic carbocycles. The summed E-state index contributed by atoms with van der Waals surface area (Å²) in [4.78, 5) is 30.6. The summed E-state index contributed by atoms with van der Waals surface area (Å²) >= 11 is 7.79. The third kappa shape index (κ3) is 6.69. The Labute approximate surface area is 222 Å². The van der Waals surface area contributed by atoms with E-state index in [-0.39, 0.29) is 17.9 Å². The fraction of sp³-hybridized carbons (Fsp3) is 0.310. The molecule has 7 heteroatoms. The molecule has 1 aliphatic heterocycles. The van der Waals surface area contributed by atoms with Gasteiger partial charge in [-0.05, 0) is 35.7 Å². The lowest BCUT2D eigenvalue weighted by atomic mass is 9.96. The van der Waals surface area contributed by atoms with Crippen molar-refractivity contribution in [1.82, 2.24) is 15.1 Å². The number of hydrogen-bond donors (Lipinski definition) is 1. The molecule has 0 bridgehead atoms. The van der Waals surface area contributed by atoms with E-state index in [0.29, 0.717) is 23.9 Å². The normalized spacial score (nSPS) is 15.1. The second-order valence-corrected chi connectivity index (χ2v) is 10.6. The van der Waals surface area contributed by atoms with Gasteiger partial charge in [0.25, 0.3) is 0 Å². The third-order valence-electron chi connectivity index (χ3n) is 6.46. The zero-order valence-electron chi connectivity index (χ0n) is 20.7. The maximum absolute atomic E-state index is 13.4. The van der Waals surface area contributed by atoms with Crippen molar-refractivity contribution in [1.29, 1.82) is 0 Å². The SMILES string of the molecule is CC(=O)NC(CSc1ccc(C)c(Cl)c1)C(=O)N1CCN(C(c2ccccc2)c2ccccc2)CC1. The van der Waals surface area contributed by atoms with Crippen LogP contribution in [0.1, 0.15) is 29.7 Å². The van der Waals surface area contributed by atoms with Crippen LogP contribution in [-0.2, 0) is 9.59 Å². The van der Waals surface area contributed by atoms with Crippen LogP contribution < -0.4 is 5.32 Å². The summed E-state index contributed by atoms with van der Waals surface area (Å²) in [6, 6.07) is 26.4. The Balaban J connectivity index is 1.43. The Morgan fingerprint density at radius 3 is 2.03 bits per heavy atom. The van der Waals surface area contributed by atoms with Crippen LogP contribution in [0.15, 0.2) is 83.8 Å². The number of thioether (sulfide) groups is 1. The van der Waals surface area contributed by atoms with Crippen LogP contribution in [0, 0.1) is 6.92 Å². The van der Waals surface area contributed by atoms with E-state index in [4.69, 9.17) is 11.6 Å². The number of hydrogen-bond acceptors (Lipinski definition) is 4. The molecule has 1 atom stereocenters. The van der Waals surface area contributed by atoms with E-state index in [1.54, 1.807) is 0 Å². The van der Waals surface area contributed by atoms with Crippen LogP contribution >= 0.6 is 23.4 Å². The standard InChI is InChI=1S/C29H32ClN3O2S/c1-21-13-14-25(19-26(21)30)36-20-27(31-22(2)34)29(35)33-17-15-32(16-18-33)28(23-9-5-3-6-10-23)24-11-7-4-8-12-24/h3-14,19,27-28H,15-18,20H2,1-2H3,(H,31,34). The molecule has 0 saturated carbocycles. The highest BCUT2D eigenvalue weighted by atomic mass is 35.5. The monoisotopic (exact) mass is 521 g/mol. The first kappa shape index (κ1) is 26.3. The van der Waals surface area contributed by atoms with Crippen molar-refractivity contribution in [2.75, 3.05) is 31.9 Å². The molecule has 5 nitrogen and oxygen atoms in total. The van der Waals surface area contributed by atoms with E-state index in [0.717, 1.165) is 23.5 Å². The van der Waals surface area contributed by atoms with Crippen LogP contribution in [0.2, 0.25) is 5.02 Å². The molecule has 1 saturated heterocycles. The van der Waals surface area contributed by atoms with E-state index in [9.17, 15) is 9.59 Å². The summed E-state index contributed by atoms with van der Waals surface area (Å²) in [5, 5.41) is 3.56. The van der Waals surface area contributed by atoms with Gasteiger partial charge in [-0.1, -0.05) is 78.3 Å². The number of halogens is 1. The van der Waals surface area contributed by atoms with Gasteiger partial charge in [-0.3, -0.25) is 14.5 Å². The second-order valence-electron chi connectivity index (χ2n) is 9.06. The van der Waals surface area contributed by atoms with Crippen molar-refractivity contribution in [3.8, 4) is 0 Å². The highest BCUT2D eigenvalue weighted by Gasteiger charge is 2.31. The Morgan fingerprint density at radius 2 is 1.50 bits per heavy atom. The Hall–Kier alpha value is -2.80. The second kappa shape index (κ2) is 12.4. The molecule has 0 aliphatic carbocycles. The Bertz CT molecular complexity index is 1130. The largest absolute Gasteiger partial charge is 0.344 e. The number of piperazine rings is 1. The van der Waals surface area contributed by atoms with Gasteiger partial charge in [0.2, 0.25) is 11.8 Å². The smallest absolute Gasteiger partial charge is 0.246 e. The molecule has 3 aromatic rings. The highest BCUT2D eigenvalue weighted by molar-refractivity contribution is 7.99. The number of carbonyl (C=O) groups excluding carboxylic acids is 2. The zero-order valence-corrected chi connectivity index (χ0v) is 22.3. The minimum absolute atomic E-state index is 0.0356. The van der Waals surface area contributed by atoms with E-state index in [2.05, 4.69) is 58.7 Å². The van der Waals surface area contributed by atoms with E-state index in [1.165, 1.54) is 29.8 Å². The minimum Gasteiger partial charge on any atom is -0.344 e. The van der Waals surface area contributed by atoms with Gasteiger partial charge in [0.15, 0.2) is 0 Å². The number of amides is 2. The Morgan fingerprint density at radius 1 is 0.917 bits per heavy atom. The van der Waals surface area contributed by atoms with Crippen molar-refractivity contribution < 1.29 is 9.59 Å². The highest BCUT2D eigenvalue weighted by Crippen LogP contribution is 2.30. The van der Waals surface area contributed by atoms with Gasteiger partial charge >= 0.3 is 0 Å². The molecule has 188 valence electrons. The van der Waals surface area contributed by atoms with Crippen molar-refractivity contribution in [2.45, 2.75) is 30.8 Å². The molecule has 1 aliphatic rings. The number of nitrogens with one attached hydrogen (secondary N) is 1. The molecule has 1 heterocycles. The molecule has 0 aromatic heterocycles. The van der Waals surface area contributed by atoms with E-state index < -0.39 is 6.04 Å². The lowest BCUT2D eigenvalue weighted by Gasteiger charge is -2.40. The zero-order chi connectivity index (χ0) is 25.5. The van der Waals surface area contributed by atoms with Gasteiger partial charge in [-0.2, -0.15) is 0 Å². The fourth-order valence-electron chi connectivity index (χ4n) is 4.57. The molecule has 1 N–H and O–H groups in total. The average Bonchev–Trinajstić information content (AvgIpc) is 2.90. The Kier molecular flexibility index (Phi) is 9.08. The van der Waals surface area contributed by atoms with Crippen LogP contribution in [-0.4, -0.2) is 59.6 Å². The molecule has 2 amide bonds. The van der Waals surface area contributed by atoms with Crippen molar-refractivity contribution in [3.05, 3.63) is 101 Å². The van der Waals surface area contributed by atoms with E-state index >= 15 is 0 Å². The lowest BCUT2D eigenvalue weighted by Crippen LogP contribution is -2.56. The number of aryl methyl sites for hydroxylation is 1. The van der Waals surface area contributed by atoms with Crippen molar-refractivity contribution >= 4 is 35.2 Å². The number of carbonyl (C=O) groups is 2. The molecule has 1 unspecified atom stereocenters. The first-order valence-corrected chi connectivity index (χ1v) is 13.6. The van der Waals surface area contributed by atoms with Gasteiger partial charge < -0.3 is 10.2 Å². The quantitative estimate of drug-likeness (QED) is 0.415. The van der Waals surface area contributed by atoms with Gasteiger partial charge in [0.1, 0.15) is 6.04 Å². The summed E-state index contributed by atoms with van der Waals surface area (Å²) in [6.07, 6.45) is 0. The molecular formula is C29H32ClN3O2S. The first-order valence-electron chi connectivity index (χ1n) is 12.2. The topological polar surface area (TPSA) is 52.7 Å². The third-order valence-corrected chi connectivity index (χ3v) is 7.95. The fourth-order valence-corrected chi connectivity index (χ4v) is 5.76. The van der Waals surface area contributed by atoms with Crippen molar-refractivity contribution in [3.63, 3.8) is 0 Å². The number of benzene rings is 3. The van der Waals surface area contributed by atoms with Crippen LogP contribution in [0.3, 0.4) is 0 Å². The molecule has 1 fully saturated rings. The van der Waals surface area contributed by atoms with Gasteiger partial charge in [-0.15, -0.1) is 11.8 Å². The number of nitrogens with zero attached hydrogens (tertiary/aromatic N) is 2. The lowest BCUT2D eigenvalue weighted by molar-refractivity contribution is -0.137. The summed E-state index contributed by atoms with van der Waals surface area (Å²) in [6.45, 7) is 6.16. The van der Waals surface area contributed by atoms with E-state index in [1.807, 2.05) is 42.2 Å². The van der Waals surface area contributed by atoms with Crippen LogP contribution in [0.4, 0.5) is 0 Å². The molecular weight excluding hydrogens is 490 g/mol. The minimum atomic E-state index is -0.585. The summed E-state index contributed by atoms with van der Waals surface area (Å²) in [5.74, 6) is 0.212. The van der Waals surface area contributed by atoms with Crippen LogP contribution in [0.25, 0.3) is 0 Å². The summed E-state index contributed by atoms with van der Waals surface area (Å²) in [5.41, 5.74) is 3.50. The van der Waals surface area contributed by atoms with Crippen molar-refractivity contribution in [2.24, 2.45) is 0 Å². The van der Waals surface area contributed by atoms with Gasteiger partial charge in [0, 0.05) is 48.8 Å². The molecule has 0 spiro atoms. The molecule has 4 rings (SSSR count). The summed E-state index contributed by atoms with van der Waals surface area (Å²) < 4.78 is 0. The molecule has 36 heavy (non-hydrogen) atoms. The number of rotatable bonds is 8. The maximum atomic E-state index is 13.4. The first-order chi connectivity index (χ1) is 17.4.